The first kappa shape index (κ1) is 19.5. The second kappa shape index (κ2) is 8.69. The summed E-state index contributed by atoms with van der Waals surface area (Å²) in [6.07, 6.45) is 2.03. The van der Waals surface area contributed by atoms with Gasteiger partial charge in [-0.1, -0.05) is 36.0 Å². The molecule has 0 bridgehead atoms. The molecule has 2 aromatic carbocycles. The molecule has 1 aliphatic rings. The first-order chi connectivity index (χ1) is 14.2. The fourth-order valence-electron chi connectivity index (χ4n) is 3.67. The average Bonchev–Trinajstić information content (AvgIpc) is 3.42. The number of rotatable bonds is 6. The summed E-state index contributed by atoms with van der Waals surface area (Å²) in [7, 11) is 1.62. The molecular formula is C22H23N3O3S. The van der Waals surface area contributed by atoms with Crippen molar-refractivity contribution in [1.82, 2.24) is 15.1 Å². The monoisotopic (exact) mass is 409 g/mol. The number of aryl methyl sites for hydroxylation is 1. The summed E-state index contributed by atoms with van der Waals surface area (Å²) in [6, 6.07) is 15.9. The summed E-state index contributed by atoms with van der Waals surface area (Å²) in [5, 5.41) is 8.56. The standard InChI is InChI=1S/C22H23N3O3S/c1-15-6-3-4-7-18(15)19-8-5-13-25(19)20(26)14-29-22-24-23-21(28-22)16-9-11-17(27-2)12-10-16/h3-4,6-7,9-12,19H,5,8,13-14H2,1-2H3. The Hall–Kier alpha value is -2.80. The zero-order valence-electron chi connectivity index (χ0n) is 16.5. The van der Waals surface area contributed by atoms with Crippen LogP contribution in [0.5, 0.6) is 5.75 Å². The second-order valence-corrected chi connectivity index (χ2v) is 7.92. The van der Waals surface area contributed by atoms with Gasteiger partial charge in [0.05, 0.1) is 18.9 Å². The molecule has 6 nitrogen and oxygen atoms in total. The quantitative estimate of drug-likeness (QED) is 0.558. The number of aromatic nitrogens is 2. The summed E-state index contributed by atoms with van der Waals surface area (Å²) in [6.45, 7) is 2.89. The van der Waals surface area contributed by atoms with Gasteiger partial charge in [0.1, 0.15) is 5.75 Å². The highest BCUT2D eigenvalue weighted by molar-refractivity contribution is 7.99. The molecule has 7 heteroatoms. The Morgan fingerprint density at radius 2 is 2.00 bits per heavy atom. The Balaban J connectivity index is 1.39. The largest absolute Gasteiger partial charge is 0.497 e. The van der Waals surface area contributed by atoms with Crippen molar-refractivity contribution in [3.63, 3.8) is 0 Å². The average molecular weight is 410 g/mol. The van der Waals surface area contributed by atoms with E-state index in [0.717, 1.165) is 30.7 Å². The Kier molecular flexibility index (Phi) is 5.85. The van der Waals surface area contributed by atoms with E-state index in [-0.39, 0.29) is 17.7 Å². The van der Waals surface area contributed by atoms with Gasteiger partial charge in [-0.2, -0.15) is 0 Å². The first-order valence-corrected chi connectivity index (χ1v) is 10.6. The highest BCUT2D eigenvalue weighted by Crippen LogP contribution is 2.34. The van der Waals surface area contributed by atoms with Crippen molar-refractivity contribution in [2.45, 2.75) is 31.0 Å². The highest BCUT2D eigenvalue weighted by atomic mass is 32.2. The molecule has 4 rings (SSSR count). The zero-order chi connectivity index (χ0) is 20.2. The minimum Gasteiger partial charge on any atom is -0.497 e. The Bertz CT molecular complexity index is 987. The topological polar surface area (TPSA) is 68.5 Å². The highest BCUT2D eigenvalue weighted by Gasteiger charge is 2.30. The van der Waals surface area contributed by atoms with Crippen molar-refractivity contribution in [3.8, 4) is 17.2 Å². The van der Waals surface area contributed by atoms with Crippen LogP contribution in [0, 0.1) is 6.92 Å². The van der Waals surface area contributed by atoms with Crippen molar-refractivity contribution >= 4 is 17.7 Å². The molecule has 2 heterocycles. The van der Waals surface area contributed by atoms with Crippen LogP contribution in [0.15, 0.2) is 58.2 Å². The van der Waals surface area contributed by atoms with Gasteiger partial charge in [-0.25, -0.2) is 0 Å². The summed E-state index contributed by atoms with van der Waals surface area (Å²) >= 11 is 1.28. The third kappa shape index (κ3) is 4.29. The molecular weight excluding hydrogens is 386 g/mol. The molecule has 1 saturated heterocycles. The van der Waals surface area contributed by atoms with Crippen LogP contribution in [-0.4, -0.2) is 40.4 Å². The molecule has 1 atom stereocenters. The molecule has 0 saturated carbocycles. The Morgan fingerprint density at radius 1 is 1.21 bits per heavy atom. The lowest BCUT2D eigenvalue weighted by molar-refractivity contribution is -0.129. The van der Waals surface area contributed by atoms with Crippen LogP contribution in [-0.2, 0) is 4.79 Å². The maximum absolute atomic E-state index is 12.9. The van der Waals surface area contributed by atoms with Gasteiger partial charge in [-0.05, 0) is 55.2 Å². The fraction of sp³-hybridized carbons (Fsp3) is 0.318. The number of nitrogens with zero attached hydrogens (tertiary/aromatic N) is 3. The summed E-state index contributed by atoms with van der Waals surface area (Å²) in [5.74, 6) is 1.58. The Labute approximate surface area is 174 Å². The van der Waals surface area contributed by atoms with Crippen LogP contribution in [0.2, 0.25) is 0 Å². The number of hydrogen-bond donors (Lipinski definition) is 0. The summed E-state index contributed by atoms with van der Waals surface area (Å²) < 4.78 is 10.9. The van der Waals surface area contributed by atoms with Gasteiger partial charge in [-0.15, -0.1) is 10.2 Å². The lowest BCUT2D eigenvalue weighted by atomic mass is 9.99. The van der Waals surface area contributed by atoms with Crippen molar-refractivity contribution in [2.75, 3.05) is 19.4 Å². The second-order valence-electron chi connectivity index (χ2n) is 6.99. The van der Waals surface area contributed by atoms with Crippen molar-refractivity contribution in [1.29, 1.82) is 0 Å². The predicted octanol–water partition coefficient (Wildman–Crippen LogP) is 4.51. The van der Waals surface area contributed by atoms with Crippen molar-refractivity contribution in [3.05, 3.63) is 59.7 Å². The molecule has 1 fully saturated rings. The van der Waals surface area contributed by atoms with E-state index in [1.54, 1.807) is 7.11 Å². The normalized spacial score (nSPS) is 16.2. The molecule has 29 heavy (non-hydrogen) atoms. The third-order valence-corrected chi connectivity index (χ3v) is 5.99. The molecule has 150 valence electrons. The van der Waals surface area contributed by atoms with E-state index in [4.69, 9.17) is 9.15 Å². The number of ether oxygens (including phenoxy) is 1. The van der Waals surface area contributed by atoms with Crippen LogP contribution < -0.4 is 4.74 Å². The molecule has 0 spiro atoms. The lowest BCUT2D eigenvalue weighted by Gasteiger charge is -2.26. The van der Waals surface area contributed by atoms with Gasteiger partial charge in [0.25, 0.3) is 5.22 Å². The number of methoxy groups -OCH3 is 1. The zero-order valence-corrected chi connectivity index (χ0v) is 17.3. The maximum atomic E-state index is 12.9. The molecule has 1 aliphatic heterocycles. The van der Waals surface area contributed by atoms with Crippen molar-refractivity contribution in [2.24, 2.45) is 0 Å². The van der Waals surface area contributed by atoms with E-state index < -0.39 is 0 Å². The van der Waals surface area contributed by atoms with Gasteiger partial charge >= 0.3 is 0 Å². The van der Waals surface area contributed by atoms with E-state index in [9.17, 15) is 4.79 Å². The fourth-order valence-corrected chi connectivity index (χ4v) is 4.32. The smallest absolute Gasteiger partial charge is 0.277 e. The van der Waals surface area contributed by atoms with Crippen LogP contribution in [0.1, 0.15) is 30.0 Å². The molecule has 1 amide bonds. The van der Waals surface area contributed by atoms with E-state index in [1.165, 1.54) is 22.9 Å². The summed E-state index contributed by atoms with van der Waals surface area (Å²) in [4.78, 5) is 14.8. The van der Waals surface area contributed by atoms with Crippen LogP contribution in [0.4, 0.5) is 0 Å². The minimum absolute atomic E-state index is 0.102. The van der Waals surface area contributed by atoms with Gasteiger partial charge in [0.2, 0.25) is 11.8 Å². The Morgan fingerprint density at radius 3 is 2.76 bits per heavy atom. The van der Waals surface area contributed by atoms with E-state index >= 15 is 0 Å². The van der Waals surface area contributed by atoms with Crippen molar-refractivity contribution < 1.29 is 13.9 Å². The minimum atomic E-state index is 0.102. The van der Waals surface area contributed by atoms with Gasteiger partial charge in [-0.3, -0.25) is 4.79 Å². The van der Waals surface area contributed by atoms with Gasteiger partial charge in [0.15, 0.2) is 0 Å². The lowest BCUT2D eigenvalue weighted by Crippen LogP contribution is -2.32. The molecule has 3 aromatic rings. The van der Waals surface area contributed by atoms with Gasteiger partial charge in [0, 0.05) is 12.1 Å². The number of carbonyl (C=O) groups is 1. The maximum Gasteiger partial charge on any atom is 0.277 e. The third-order valence-electron chi connectivity index (χ3n) is 5.18. The number of likely N-dealkylation sites (tertiary alicyclic amines) is 1. The molecule has 1 unspecified atom stereocenters. The predicted molar refractivity (Wildman–Crippen MR) is 112 cm³/mol. The molecule has 0 aliphatic carbocycles. The molecule has 1 aromatic heterocycles. The van der Waals surface area contributed by atoms with E-state index in [2.05, 4.69) is 29.3 Å². The van der Waals surface area contributed by atoms with Crippen LogP contribution >= 0.6 is 11.8 Å². The number of thioether (sulfide) groups is 1. The summed E-state index contributed by atoms with van der Waals surface area (Å²) in [5.41, 5.74) is 3.28. The first-order valence-electron chi connectivity index (χ1n) is 9.61. The van der Waals surface area contributed by atoms with Crippen LogP contribution in [0.3, 0.4) is 0 Å². The van der Waals surface area contributed by atoms with E-state index in [1.807, 2.05) is 41.3 Å². The number of benzene rings is 2. The van der Waals surface area contributed by atoms with E-state index in [0.29, 0.717) is 11.1 Å². The number of hydrogen-bond acceptors (Lipinski definition) is 6. The number of amides is 1. The van der Waals surface area contributed by atoms with Crippen LogP contribution in [0.25, 0.3) is 11.5 Å². The number of carbonyl (C=O) groups excluding carboxylic acids is 1. The molecule has 0 N–H and O–H groups in total. The van der Waals surface area contributed by atoms with Gasteiger partial charge < -0.3 is 14.1 Å². The molecule has 0 radical (unpaired) electrons. The SMILES string of the molecule is COc1ccc(-c2nnc(SCC(=O)N3CCCC3c3ccccc3C)o2)cc1.